The quantitative estimate of drug-likeness (QED) is 0.499. The molecule has 0 aliphatic rings. The van der Waals surface area contributed by atoms with Crippen molar-refractivity contribution in [2.45, 2.75) is 0 Å². The Balaban J connectivity index is 2.21. The molecule has 0 saturated heterocycles. The minimum absolute atomic E-state index is 1.47. The van der Waals surface area contributed by atoms with Crippen LogP contribution in [0.1, 0.15) is 0 Å². The predicted octanol–water partition coefficient (Wildman–Crippen LogP) is 3.23. The van der Waals surface area contributed by atoms with E-state index in [2.05, 4.69) is 67.8 Å². The number of hydrogen-bond acceptors (Lipinski definition) is 3. The van der Waals surface area contributed by atoms with Gasteiger partial charge in [-0.2, -0.15) is 34.0 Å². The molecule has 0 saturated carbocycles. The molecular weight excluding hydrogens is 348 g/mol. The SMILES string of the molecule is Br[Si](c1cccs1)(c1cccs1)c1cccs1. The van der Waals surface area contributed by atoms with Crippen LogP contribution in [-0.2, 0) is 0 Å². The Morgan fingerprint density at radius 1 is 0.706 bits per heavy atom. The van der Waals surface area contributed by atoms with Crippen LogP contribution in [0.15, 0.2) is 52.5 Å². The minimum atomic E-state index is -1.85. The van der Waals surface area contributed by atoms with Gasteiger partial charge in [-0.05, 0) is 16.1 Å². The molecule has 3 heterocycles. The van der Waals surface area contributed by atoms with Gasteiger partial charge >= 0.3 is 0 Å². The molecule has 0 spiro atoms. The molecule has 0 atom stereocenters. The summed E-state index contributed by atoms with van der Waals surface area (Å²) in [7, 11) is 0. The molecule has 0 aliphatic heterocycles. The molecule has 0 N–H and O–H groups in total. The molecule has 0 amide bonds. The van der Waals surface area contributed by atoms with Gasteiger partial charge in [0.2, 0.25) is 0 Å². The largest absolute Gasteiger partial charge is 0.250 e. The summed E-state index contributed by atoms with van der Waals surface area (Å²) >= 11 is 9.68. The van der Waals surface area contributed by atoms with Gasteiger partial charge in [-0.1, -0.05) is 36.4 Å². The Bertz CT molecular complexity index is 485. The monoisotopic (exact) mass is 356 g/mol. The summed E-state index contributed by atoms with van der Waals surface area (Å²) in [5.74, 6) is 0. The first kappa shape index (κ1) is 11.9. The van der Waals surface area contributed by atoms with Crippen LogP contribution in [0.3, 0.4) is 0 Å². The van der Waals surface area contributed by atoms with E-state index in [1.807, 2.05) is 34.0 Å². The van der Waals surface area contributed by atoms with E-state index in [9.17, 15) is 0 Å². The van der Waals surface area contributed by atoms with E-state index in [0.29, 0.717) is 0 Å². The van der Waals surface area contributed by atoms with Gasteiger partial charge in [0.15, 0.2) is 0 Å². The topological polar surface area (TPSA) is 0 Å². The number of rotatable bonds is 3. The van der Waals surface area contributed by atoms with Gasteiger partial charge in [0.1, 0.15) is 0 Å². The number of hydrogen-bond donors (Lipinski definition) is 0. The van der Waals surface area contributed by atoms with Crippen LogP contribution < -0.4 is 13.5 Å². The van der Waals surface area contributed by atoms with Gasteiger partial charge in [0.25, 0.3) is 6.69 Å². The van der Waals surface area contributed by atoms with Crippen molar-refractivity contribution in [3.63, 3.8) is 0 Å². The van der Waals surface area contributed by atoms with Crippen LogP contribution in [0, 0.1) is 0 Å². The molecule has 17 heavy (non-hydrogen) atoms. The van der Waals surface area contributed by atoms with Crippen molar-refractivity contribution in [3.8, 4) is 0 Å². The van der Waals surface area contributed by atoms with Crippen LogP contribution in [-0.4, -0.2) is 6.69 Å². The Hall–Kier alpha value is -0.203. The van der Waals surface area contributed by atoms with Gasteiger partial charge < -0.3 is 0 Å². The average molecular weight is 357 g/mol. The maximum Gasteiger partial charge on any atom is 0.250 e. The first-order valence-electron chi connectivity index (χ1n) is 5.12. The van der Waals surface area contributed by atoms with Crippen LogP contribution in [0.5, 0.6) is 0 Å². The third-order valence-corrected chi connectivity index (χ3v) is 17.2. The Labute approximate surface area is 121 Å². The third-order valence-electron chi connectivity index (χ3n) is 2.58. The van der Waals surface area contributed by atoms with E-state index in [1.54, 1.807) is 0 Å². The molecule has 0 aromatic carbocycles. The maximum absolute atomic E-state index is 4.12. The molecular formula is C12H9BrS3Si. The lowest BCUT2D eigenvalue weighted by molar-refractivity contribution is 2.01. The van der Waals surface area contributed by atoms with E-state index in [-0.39, 0.29) is 0 Å². The van der Waals surface area contributed by atoms with Crippen LogP contribution in [0.25, 0.3) is 0 Å². The second-order valence-electron chi connectivity index (χ2n) is 3.59. The summed E-state index contributed by atoms with van der Waals surface area (Å²) in [6.07, 6.45) is 0. The Morgan fingerprint density at radius 2 is 1.06 bits per heavy atom. The van der Waals surface area contributed by atoms with Crippen molar-refractivity contribution < 1.29 is 0 Å². The van der Waals surface area contributed by atoms with E-state index >= 15 is 0 Å². The summed E-state index contributed by atoms with van der Waals surface area (Å²) in [6, 6.07) is 13.2. The molecule has 3 aromatic heterocycles. The highest BCUT2D eigenvalue weighted by Crippen LogP contribution is 2.20. The summed E-state index contributed by atoms with van der Waals surface area (Å²) in [4.78, 5) is 0. The van der Waals surface area contributed by atoms with Crippen molar-refractivity contribution in [1.82, 2.24) is 0 Å². The number of halogens is 1. The molecule has 0 nitrogen and oxygen atoms in total. The van der Waals surface area contributed by atoms with Crippen molar-refractivity contribution >= 4 is 69.5 Å². The van der Waals surface area contributed by atoms with Gasteiger partial charge in [-0.15, -0.1) is 15.3 Å². The molecule has 0 aliphatic carbocycles. The Morgan fingerprint density at radius 3 is 1.29 bits per heavy atom. The van der Waals surface area contributed by atoms with Gasteiger partial charge in [0, 0.05) is 13.5 Å². The predicted molar refractivity (Wildman–Crippen MR) is 86.5 cm³/mol. The van der Waals surface area contributed by atoms with Gasteiger partial charge in [0.05, 0.1) is 0 Å². The van der Waals surface area contributed by atoms with E-state index in [4.69, 9.17) is 0 Å². The van der Waals surface area contributed by atoms with Crippen molar-refractivity contribution in [3.05, 3.63) is 52.5 Å². The molecule has 3 aromatic rings. The lowest BCUT2D eigenvalue weighted by Crippen LogP contribution is -2.59. The summed E-state index contributed by atoms with van der Waals surface area (Å²) in [5.41, 5.74) is 0. The van der Waals surface area contributed by atoms with Gasteiger partial charge in [-0.3, -0.25) is 0 Å². The van der Waals surface area contributed by atoms with Gasteiger partial charge in [-0.25, -0.2) is 0 Å². The van der Waals surface area contributed by atoms with Crippen LogP contribution in [0.4, 0.5) is 0 Å². The molecule has 0 bridgehead atoms. The standard InChI is InChI=1S/C12H9BrS3Si/c13-17(10-4-1-7-14-10,11-5-2-8-15-11)12-6-3-9-16-12/h1-9H. The Kier molecular flexibility index (Phi) is 3.36. The molecule has 0 fully saturated rings. The zero-order chi connectivity index (χ0) is 11.7. The molecule has 5 heteroatoms. The highest BCUT2D eigenvalue weighted by atomic mass is 79.9. The van der Waals surface area contributed by atoms with Crippen molar-refractivity contribution in [2.75, 3.05) is 0 Å². The zero-order valence-corrected chi connectivity index (χ0v) is 13.8. The average Bonchev–Trinajstić information content (AvgIpc) is 3.10. The second-order valence-corrected chi connectivity index (χ2v) is 14.0. The maximum atomic E-state index is 4.12. The minimum Gasteiger partial charge on any atom is -0.152 e. The lowest BCUT2D eigenvalue weighted by Gasteiger charge is -2.21. The fourth-order valence-corrected chi connectivity index (χ4v) is 13.7. The number of thiophene rings is 3. The molecule has 0 unspecified atom stereocenters. The second kappa shape index (κ2) is 4.82. The fraction of sp³-hybridized carbons (Fsp3) is 0. The van der Waals surface area contributed by atoms with Crippen molar-refractivity contribution in [1.29, 1.82) is 0 Å². The van der Waals surface area contributed by atoms with Crippen LogP contribution in [0.2, 0.25) is 0 Å². The van der Waals surface area contributed by atoms with Crippen LogP contribution >= 0.6 is 49.3 Å². The van der Waals surface area contributed by atoms with E-state index < -0.39 is 6.69 Å². The zero-order valence-electron chi connectivity index (χ0n) is 8.80. The third kappa shape index (κ3) is 2.00. The highest BCUT2D eigenvalue weighted by molar-refractivity contribution is 9.27. The summed E-state index contributed by atoms with van der Waals surface area (Å²) in [5, 5.41) is 6.50. The fourth-order valence-electron chi connectivity index (χ4n) is 1.79. The molecule has 86 valence electrons. The first-order valence-corrected chi connectivity index (χ1v) is 12.0. The summed E-state index contributed by atoms with van der Waals surface area (Å²) < 4.78 is 4.42. The highest BCUT2D eigenvalue weighted by Gasteiger charge is 2.39. The smallest absolute Gasteiger partial charge is 0.152 e. The molecule has 0 radical (unpaired) electrons. The molecule has 3 rings (SSSR count). The normalized spacial score (nSPS) is 11.8. The van der Waals surface area contributed by atoms with Crippen molar-refractivity contribution in [2.24, 2.45) is 0 Å². The van der Waals surface area contributed by atoms with E-state index in [0.717, 1.165) is 0 Å². The first-order chi connectivity index (χ1) is 8.32. The lowest BCUT2D eigenvalue weighted by atomic mass is 10.7. The van der Waals surface area contributed by atoms with E-state index in [1.165, 1.54) is 13.5 Å². The summed E-state index contributed by atoms with van der Waals surface area (Å²) in [6.45, 7) is -1.85.